The summed E-state index contributed by atoms with van der Waals surface area (Å²) in [5.41, 5.74) is 0. The first-order valence-electron chi connectivity index (χ1n) is 5.47. The average Bonchev–Trinajstić information content (AvgIpc) is 2.85. The van der Waals surface area contributed by atoms with E-state index < -0.39 is 0 Å². The highest BCUT2D eigenvalue weighted by Gasteiger charge is 2.04. The summed E-state index contributed by atoms with van der Waals surface area (Å²) in [5, 5.41) is 0.320. The lowest BCUT2D eigenvalue weighted by molar-refractivity contribution is 0.0993. The van der Waals surface area contributed by atoms with E-state index in [2.05, 4.69) is 15.9 Å². The second-order valence-corrected chi connectivity index (χ2v) is 4.22. The molecule has 3 heteroatoms. The highest BCUT2D eigenvalue weighted by atomic mass is 79.9. The molecule has 0 aliphatic heterocycles. The molecule has 0 saturated heterocycles. The van der Waals surface area contributed by atoms with Gasteiger partial charge in [0.1, 0.15) is 0 Å². The monoisotopic (exact) mass is 272 g/mol. The quantitative estimate of drug-likeness (QED) is 0.597. The van der Waals surface area contributed by atoms with Gasteiger partial charge < -0.3 is 4.42 Å². The predicted molar refractivity (Wildman–Crippen MR) is 64.5 cm³/mol. The van der Waals surface area contributed by atoms with Gasteiger partial charge in [-0.15, -0.1) is 0 Å². The molecule has 0 spiro atoms. The lowest BCUT2D eigenvalue weighted by atomic mass is 10.0. The van der Waals surface area contributed by atoms with Gasteiger partial charge in [-0.05, 0) is 12.1 Å². The maximum absolute atomic E-state index is 10.7. The fourth-order valence-electron chi connectivity index (χ4n) is 1.56. The Morgan fingerprint density at radius 3 is 2.07 bits per heavy atom. The van der Waals surface area contributed by atoms with Gasteiger partial charge in [0.15, 0.2) is 5.76 Å². The molecule has 0 unspecified atom stereocenters. The Morgan fingerprint density at radius 1 is 1.20 bits per heavy atom. The summed E-state index contributed by atoms with van der Waals surface area (Å²) < 4.78 is 4.81. The van der Waals surface area contributed by atoms with Crippen LogP contribution in [-0.4, -0.2) is 11.1 Å². The molecule has 15 heavy (non-hydrogen) atoms. The fourth-order valence-corrected chi connectivity index (χ4v) is 1.84. The van der Waals surface area contributed by atoms with Crippen LogP contribution in [-0.2, 0) is 0 Å². The summed E-state index contributed by atoms with van der Waals surface area (Å²) in [6, 6.07) is 3.33. The van der Waals surface area contributed by atoms with Gasteiger partial charge in [-0.3, -0.25) is 4.79 Å². The van der Waals surface area contributed by atoms with Crippen LogP contribution in [0.3, 0.4) is 0 Å². The number of hydrogen-bond acceptors (Lipinski definition) is 2. The predicted octanol–water partition coefficient (Wildman–Crippen LogP) is 4.20. The van der Waals surface area contributed by atoms with Gasteiger partial charge in [-0.1, -0.05) is 54.5 Å². The number of alkyl halides is 1. The van der Waals surface area contributed by atoms with Crippen LogP contribution >= 0.6 is 15.9 Å². The normalized spacial score (nSPS) is 15.3. The van der Waals surface area contributed by atoms with Gasteiger partial charge in [0.2, 0.25) is 5.78 Å². The number of carbonyl (C=O) groups is 1. The number of furan rings is 1. The van der Waals surface area contributed by atoms with Crippen LogP contribution in [0.25, 0.3) is 0 Å². The van der Waals surface area contributed by atoms with Crippen LogP contribution in [0.5, 0.6) is 0 Å². The van der Waals surface area contributed by atoms with Crippen molar-refractivity contribution in [3.63, 3.8) is 0 Å². The van der Waals surface area contributed by atoms with Gasteiger partial charge >= 0.3 is 0 Å². The van der Waals surface area contributed by atoms with Crippen molar-refractivity contribution < 1.29 is 9.21 Å². The summed E-state index contributed by atoms with van der Waals surface area (Å²) in [6.07, 6.45) is 10.5. The van der Waals surface area contributed by atoms with Crippen molar-refractivity contribution >= 4 is 21.7 Å². The molecule has 1 aromatic heterocycles. The second kappa shape index (κ2) is 7.69. The molecule has 1 aliphatic carbocycles. The second-order valence-electron chi connectivity index (χ2n) is 3.66. The Bertz CT molecular complexity index is 252. The molecule has 1 aromatic rings. The minimum atomic E-state index is -0.0278. The summed E-state index contributed by atoms with van der Waals surface area (Å²) in [4.78, 5) is 10.7. The van der Waals surface area contributed by atoms with Gasteiger partial charge in [0.05, 0.1) is 11.6 Å². The van der Waals surface area contributed by atoms with E-state index in [4.69, 9.17) is 4.42 Å². The molecule has 2 nitrogen and oxygen atoms in total. The van der Waals surface area contributed by atoms with Crippen molar-refractivity contribution in [1.82, 2.24) is 0 Å². The first kappa shape index (κ1) is 12.5. The standard InChI is InChI=1S/C6H5BrO2.C6H12/c7-4-5(8)6-2-1-3-9-6;1-2-4-6-5-3-1/h1-3H,4H2;1-6H2. The topological polar surface area (TPSA) is 30.2 Å². The molecule has 1 heterocycles. The zero-order valence-corrected chi connectivity index (χ0v) is 10.5. The molecule has 1 saturated carbocycles. The van der Waals surface area contributed by atoms with E-state index in [0.717, 1.165) is 0 Å². The molecule has 2 rings (SSSR count). The molecular weight excluding hydrogens is 256 g/mol. The first-order valence-corrected chi connectivity index (χ1v) is 6.59. The Labute approximate surface area is 99.2 Å². The third-order valence-corrected chi connectivity index (χ3v) is 2.93. The SMILES string of the molecule is C1CCCCC1.O=C(CBr)c1ccco1. The van der Waals surface area contributed by atoms with E-state index in [1.54, 1.807) is 12.1 Å². The van der Waals surface area contributed by atoms with E-state index in [9.17, 15) is 4.79 Å². The largest absolute Gasteiger partial charge is 0.461 e. The molecule has 1 fully saturated rings. The van der Waals surface area contributed by atoms with Crippen molar-refractivity contribution in [2.24, 2.45) is 0 Å². The van der Waals surface area contributed by atoms with Crippen LogP contribution in [0.15, 0.2) is 22.8 Å². The number of ketones is 1. The lowest BCUT2D eigenvalue weighted by Crippen LogP contribution is -1.96. The summed E-state index contributed by atoms with van der Waals surface area (Å²) in [7, 11) is 0. The minimum absolute atomic E-state index is 0.0278. The van der Waals surface area contributed by atoms with E-state index in [1.807, 2.05) is 0 Å². The van der Waals surface area contributed by atoms with Gasteiger partial charge in [0, 0.05) is 0 Å². The zero-order valence-electron chi connectivity index (χ0n) is 8.88. The Hall–Kier alpha value is -0.570. The van der Waals surface area contributed by atoms with Crippen LogP contribution < -0.4 is 0 Å². The van der Waals surface area contributed by atoms with Crippen molar-refractivity contribution in [3.8, 4) is 0 Å². The smallest absolute Gasteiger partial charge is 0.208 e. The van der Waals surface area contributed by atoms with Crippen molar-refractivity contribution in [2.75, 3.05) is 5.33 Å². The zero-order chi connectivity index (χ0) is 10.9. The third kappa shape index (κ3) is 5.17. The van der Waals surface area contributed by atoms with E-state index >= 15 is 0 Å². The van der Waals surface area contributed by atoms with E-state index in [1.165, 1.54) is 44.8 Å². The number of rotatable bonds is 2. The lowest BCUT2D eigenvalue weighted by Gasteiger charge is -2.05. The van der Waals surface area contributed by atoms with E-state index in [-0.39, 0.29) is 5.78 Å². The number of halogens is 1. The van der Waals surface area contributed by atoms with Crippen LogP contribution in [0.4, 0.5) is 0 Å². The fraction of sp³-hybridized carbons (Fsp3) is 0.583. The summed E-state index contributed by atoms with van der Waals surface area (Å²) in [6.45, 7) is 0. The number of Topliss-reactive ketones (excluding diaryl/α,β-unsaturated/α-hetero) is 1. The third-order valence-electron chi connectivity index (χ3n) is 2.42. The molecule has 0 aromatic carbocycles. The molecule has 0 atom stereocenters. The average molecular weight is 273 g/mol. The van der Waals surface area contributed by atoms with Crippen LogP contribution in [0.2, 0.25) is 0 Å². The summed E-state index contributed by atoms with van der Waals surface area (Å²) >= 11 is 3.03. The van der Waals surface area contributed by atoms with Gasteiger partial charge in [-0.25, -0.2) is 0 Å². The molecule has 1 aliphatic rings. The van der Waals surface area contributed by atoms with Crippen LogP contribution in [0, 0.1) is 0 Å². The highest BCUT2D eigenvalue weighted by molar-refractivity contribution is 9.09. The number of hydrogen-bond donors (Lipinski definition) is 0. The Morgan fingerprint density at radius 2 is 1.73 bits per heavy atom. The summed E-state index contributed by atoms with van der Waals surface area (Å²) in [5.74, 6) is 0.381. The molecule has 0 bridgehead atoms. The number of carbonyl (C=O) groups excluding carboxylic acids is 1. The molecule has 0 amide bonds. The van der Waals surface area contributed by atoms with E-state index in [0.29, 0.717) is 11.1 Å². The maximum atomic E-state index is 10.7. The van der Waals surface area contributed by atoms with Crippen LogP contribution in [0.1, 0.15) is 49.1 Å². The van der Waals surface area contributed by atoms with Crippen molar-refractivity contribution in [3.05, 3.63) is 24.2 Å². The molecule has 84 valence electrons. The Balaban J connectivity index is 0.000000162. The first-order chi connectivity index (χ1) is 7.34. The molecular formula is C12H17BrO2. The maximum Gasteiger partial charge on any atom is 0.208 e. The molecule has 0 radical (unpaired) electrons. The Kier molecular flexibility index (Phi) is 6.41. The molecule has 0 N–H and O–H groups in total. The minimum Gasteiger partial charge on any atom is -0.461 e. The van der Waals surface area contributed by atoms with Crippen molar-refractivity contribution in [2.45, 2.75) is 38.5 Å². The van der Waals surface area contributed by atoms with Gasteiger partial charge in [0.25, 0.3) is 0 Å². The highest BCUT2D eigenvalue weighted by Crippen LogP contribution is 2.15. The van der Waals surface area contributed by atoms with Gasteiger partial charge in [-0.2, -0.15) is 0 Å². The van der Waals surface area contributed by atoms with Crippen molar-refractivity contribution in [1.29, 1.82) is 0 Å².